The largest absolute Gasteiger partial charge is 0.316 e. The van der Waals surface area contributed by atoms with Gasteiger partial charge in [-0.1, -0.05) is 23.7 Å². The summed E-state index contributed by atoms with van der Waals surface area (Å²) in [4.78, 5) is 2.28. The van der Waals surface area contributed by atoms with E-state index in [9.17, 15) is 0 Å². The number of benzene rings is 1. The molecule has 0 bridgehead atoms. The topological polar surface area (TPSA) is 15.3 Å². The Morgan fingerprint density at radius 1 is 1.45 bits per heavy atom. The fraction of sp³-hybridized carbons (Fsp3) is 0.625. The van der Waals surface area contributed by atoms with Crippen molar-refractivity contribution in [3.05, 3.63) is 34.9 Å². The molecule has 4 heteroatoms. The van der Waals surface area contributed by atoms with E-state index >= 15 is 4.39 Å². The summed E-state index contributed by atoms with van der Waals surface area (Å²) in [5, 5.41) is 4.05. The molecule has 3 rings (SSSR count). The maximum absolute atomic E-state index is 15.1. The summed E-state index contributed by atoms with van der Waals surface area (Å²) < 4.78 is 15.1. The van der Waals surface area contributed by atoms with E-state index in [1.54, 1.807) is 12.1 Å². The highest BCUT2D eigenvalue weighted by atomic mass is 35.5. The molecular weight excluding hydrogens is 275 g/mol. The number of alkyl halides is 1. The van der Waals surface area contributed by atoms with Gasteiger partial charge >= 0.3 is 0 Å². The van der Waals surface area contributed by atoms with E-state index in [1.807, 2.05) is 12.1 Å². The lowest BCUT2D eigenvalue weighted by Gasteiger charge is -2.28. The quantitative estimate of drug-likeness (QED) is 0.921. The summed E-state index contributed by atoms with van der Waals surface area (Å²) in [6.07, 6.45) is 3.08. The third-order valence-electron chi connectivity index (χ3n) is 4.56. The first-order valence-electron chi connectivity index (χ1n) is 7.54. The van der Waals surface area contributed by atoms with Crippen LogP contribution in [0.4, 0.5) is 4.39 Å². The van der Waals surface area contributed by atoms with Gasteiger partial charge in [-0.05, 0) is 56.0 Å². The highest BCUT2D eigenvalue weighted by Crippen LogP contribution is 2.37. The van der Waals surface area contributed by atoms with Gasteiger partial charge < -0.3 is 5.32 Å². The summed E-state index contributed by atoms with van der Waals surface area (Å²) in [5.74, 6) is 0.672. The first-order valence-corrected chi connectivity index (χ1v) is 7.91. The fourth-order valence-electron chi connectivity index (χ4n) is 3.45. The monoisotopic (exact) mass is 296 g/mol. The second-order valence-corrected chi connectivity index (χ2v) is 6.61. The molecule has 0 saturated carbocycles. The van der Waals surface area contributed by atoms with Crippen molar-refractivity contribution in [3.8, 4) is 0 Å². The smallest absolute Gasteiger partial charge is 0.149 e. The number of likely N-dealkylation sites (tertiary alicyclic amines) is 1. The lowest BCUT2D eigenvalue weighted by atomic mass is 9.95. The maximum Gasteiger partial charge on any atom is 0.149 e. The van der Waals surface area contributed by atoms with Crippen molar-refractivity contribution < 1.29 is 4.39 Å². The first-order chi connectivity index (χ1) is 9.66. The van der Waals surface area contributed by atoms with E-state index in [0.717, 1.165) is 31.7 Å². The molecule has 2 heterocycles. The minimum Gasteiger partial charge on any atom is -0.316 e. The molecule has 1 aromatic rings. The van der Waals surface area contributed by atoms with E-state index < -0.39 is 5.67 Å². The molecule has 1 N–H and O–H groups in total. The van der Waals surface area contributed by atoms with Crippen LogP contribution in [-0.4, -0.2) is 37.6 Å². The van der Waals surface area contributed by atoms with Crippen molar-refractivity contribution in [3.63, 3.8) is 0 Å². The minimum atomic E-state index is -1.23. The van der Waals surface area contributed by atoms with Crippen molar-refractivity contribution in [2.45, 2.75) is 24.9 Å². The van der Waals surface area contributed by atoms with Gasteiger partial charge in [0.1, 0.15) is 5.67 Å². The number of hydrogen-bond donors (Lipinski definition) is 1. The molecule has 0 aliphatic carbocycles. The molecule has 0 amide bonds. The van der Waals surface area contributed by atoms with Gasteiger partial charge in [-0.2, -0.15) is 0 Å². The van der Waals surface area contributed by atoms with Crippen LogP contribution in [0.3, 0.4) is 0 Å². The summed E-state index contributed by atoms with van der Waals surface area (Å²) in [7, 11) is 0. The number of halogens is 2. The van der Waals surface area contributed by atoms with Crippen molar-refractivity contribution in [2.24, 2.45) is 5.92 Å². The van der Waals surface area contributed by atoms with E-state index in [-0.39, 0.29) is 0 Å². The van der Waals surface area contributed by atoms with Crippen molar-refractivity contribution in [1.29, 1.82) is 0 Å². The number of piperidine rings is 1. The molecule has 2 fully saturated rings. The molecule has 0 aromatic heterocycles. The molecule has 2 unspecified atom stereocenters. The average Bonchev–Trinajstić information content (AvgIpc) is 2.83. The number of rotatable bonds is 3. The van der Waals surface area contributed by atoms with Crippen molar-refractivity contribution in [1.82, 2.24) is 10.2 Å². The number of hydrogen-bond acceptors (Lipinski definition) is 2. The predicted molar refractivity (Wildman–Crippen MR) is 80.9 cm³/mol. The van der Waals surface area contributed by atoms with Crippen LogP contribution in [0, 0.1) is 5.92 Å². The van der Waals surface area contributed by atoms with E-state index in [2.05, 4.69) is 10.2 Å². The first kappa shape index (κ1) is 14.3. The van der Waals surface area contributed by atoms with Gasteiger partial charge in [0.15, 0.2) is 0 Å². The molecule has 2 aliphatic heterocycles. The zero-order valence-electron chi connectivity index (χ0n) is 11.7. The Bertz CT molecular complexity index is 462. The van der Waals surface area contributed by atoms with Crippen LogP contribution in [0.5, 0.6) is 0 Å². The third-order valence-corrected chi connectivity index (χ3v) is 4.79. The Balaban J connectivity index is 1.63. The van der Waals surface area contributed by atoms with Crippen LogP contribution in [0.25, 0.3) is 0 Å². The normalized spacial score (nSPS) is 31.6. The Morgan fingerprint density at radius 2 is 2.35 bits per heavy atom. The van der Waals surface area contributed by atoms with Gasteiger partial charge in [-0.25, -0.2) is 4.39 Å². The molecule has 1 aromatic carbocycles. The average molecular weight is 297 g/mol. The standard InChI is InChI=1S/C16H22ClFN2/c17-15-5-1-4-14(9-15)16(18)6-8-20(12-16)11-13-3-2-7-19-10-13/h1,4-5,9,13,19H,2-3,6-8,10-12H2. The Morgan fingerprint density at radius 3 is 3.10 bits per heavy atom. The van der Waals surface area contributed by atoms with Gasteiger partial charge in [0.05, 0.1) is 0 Å². The molecule has 110 valence electrons. The summed E-state index contributed by atoms with van der Waals surface area (Å²) in [6.45, 7) is 4.57. The molecule has 20 heavy (non-hydrogen) atoms. The SMILES string of the molecule is FC1(c2cccc(Cl)c2)CCN(CC2CCCNC2)C1. The zero-order valence-corrected chi connectivity index (χ0v) is 12.5. The highest BCUT2D eigenvalue weighted by molar-refractivity contribution is 6.30. The second-order valence-electron chi connectivity index (χ2n) is 6.17. The third kappa shape index (κ3) is 3.16. The van der Waals surface area contributed by atoms with Crippen LogP contribution >= 0.6 is 11.6 Å². The summed E-state index contributed by atoms with van der Waals surface area (Å²) in [6, 6.07) is 7.27. The Kier molecular flexibility index (Phi) is 4.29. The molecule has 0 spiro atoms. The van der Waals surface area contributed by atoms with E-state index in [4.69, 9.17) is 11.6 Å². The molecular formula is C16H22ClFN2. The summed E-state index contributed by atoms with van der Waals surface area (Å²) >= 11 is 5.99. The van der Waals surface area contributed by atoms with Gasteiger partial charge in [-0.15, -0.1) is 0 Å². The van der Waals surface area contributed by atoms with Gasteiger partial charge in [0.2, 0.25) is 0 Å². The van der Waals surface area contributed by atoms with Crippen molar-refractivity contribution in [2.75, 3.05) is 32.7 Å². The fourth-order valence-corrected chi connectivity index (χ4v) is 3.64. The highest BCUT2D eigenvalue weighted by Gasteiger charge is 2.40. The second kappa shape index (κ2) is 6.00. The number of nitrogens with zero attached hydrogens (tertiary/aromatic N) is 1. The minimum absolute atomic E-state index is 0.504. The lowest BCUT2D eigenvalue weighted by Crippen LogP contribution is -2.38. The van der Waals surface area contributed by atoms with E-state index in [0.29, 0.717) is 23.9 Å². The van der Waals surface area contributed by atoms with Crippen LogP contribution < -0.4 is 5.32 Å². The molecule has 2 atom stereocenters. The van der Waals surface area contributed by atoms with Crippen molar-refractivity contribution >= 4 is 11.6 Å². The number of nitrogens with one attached hydrogen (secondary N) is 1. The van der Waals surface area contributed by atoms with Crippen LogP contribution in [0.15, 0.2) is 24.3 Å². The zero-order chi connectivity index (χ0) is 14.0. The van der Waals surface area contributed by atoms with E-state index in [1.165, 1.54) is 12.8 Å². The van der Waals surface area contributed by atoms with Crippen LogP contribution in [0.2, 0.25) is 5.02 Å². The Labute approximate surface area is 125 Å². The molecule has 2 saturated heterocycles. The van der Waals surface area contributed by atoms with Crippen LogP contribution in [0.1, 0.15) is 24.8 Å². The maximum atomic E-state index is 15.1. The lowest BCUT2D eigenvalue weighted by molar-refractivity contribution is 0.155. The van der Waals surface area contributed by atoms with Gasteiger partial charge in [0, 0.05) is 24.7 Å². The van der Waals surface area contributed by atoms with Gasteiger partial charge in [0.25, 0.3) is 0 Å². The molecule has 2 aliphatic rings. The molecule has 2 nitrogen and oxygen atoms in total. The van der Waals surface area contributed by atoms with Crippen LogP contribution in [-0.2, 0) is 5.67 Å². The molecule has 0 radical (unpaired) electrons. The van der Waals surface area contributed by atoms with Gasteiger partial charge in [-0.3, -0.25) is 4.90 Å². The Hall–Kier alpha value is -0.640. The summed E-state index contributed by atoms with van der Waals surface area (Å²) in [5.41, 5.74) is -0.498. The predicted octanol–water partition coefficient (Wildman–Crippen LogP) is 3.21.